The number of nitrogens with zero attached hydrogens (tertiary/aromatic N) is 2. The Balaban J connectivity index is 2.78. The molecule has 1 rings (SSSR count). The van der Waals surface area contributed by atoms with Gasteiger partial charge in [0.15, 0.2) is 0 Å². The Kier molecular flexibility index (Phi) is 4.65. The predicted molar refractivity (Wildman–Crippen MR) is 67.7 cm³/mol. The standard InChI is InChI=1S/C12H17N3O3/c1-8(11(16)13-2)7-15(3)9-4-5-14-10(6-9)12(17)18/h4-6,8H,7H2,1-3H3,(H,13,16)(H,17,18). The van der Waals surface area contributed by atoms with E-state index in [9.17, 15) is 9.59 Å². The molecule has 6 nitrogen and oxygen atoms in total. The number of nitrogens with one attached hydrogen (secondary N) is 1. The minimum absolute atomic E-state index is 0.00746. The van der Waals surface area contributed by atoms with Gasteiger partial charge < -0.3 is 15.3 Å². The van der Waals surface area contributed by atoms with Crippen LogP contribution in [0.2, 0.25) is 0 Å². The van der Waals surface area contributed by atoms with E-state index in [2.05, 4.69) is 10.3 Å². The van der Waals surface area contributed by atoms with Crippen LogP contribution in [0.4, 0.5) is 5.69 Å². The highest BCUT2D eigenvalue weighted by Gasteiger charge is 2.15. The Morgan fingerprint density at radius 1 is 1.56 bits per heavy atom. The molecule has 0 aliphatic carbocycles. The number of pyridine rings is 1. The molecule has 1 amide bonds. The van der Waals surface area contributed by atoms with Gasteiger partial charge in [-0.2, -0.15) is 0 Å². The van der Waals surface area contributed by atoms with Crippen molar-refractivity contribution in [3.05, 3.63) is 24.0 Å². The van der Waals surface area contributed by atoms with Gasteiger partial charge >= 0.3 is 5.97 Å². The van der Waals surface area contributed by atoms with Gasteiger partial charge in [-0.15, -0.1) is 0 Å². The third kappa shape index (κ3) is 3.44. The van der Waals surface area contributed by atoms with Gasteiger partial charge in [0.05, 0.1) is 5.92 Å². The second-order valence-electron chi connectivity index (χ2n) is 4.10. The first-order chi connectivity index (χ1) is 8.45. The van der Waals surface area contributed by atoms with Crippen LogP contribution in [0, 0.1) is 5.92 Å². The molecule has 1 atom stereocenters. The number of aromatic carboxylic acids is 1. The summed E-state index contributed by atoms with van der Waals surface area (Å²) in [5, 5.41) is 11.4. The van der Waals surface area contributed by atoms with Crippen LogP contribution >= 0.6 is 0 Å². The second kappa shape index (κ2) is 6.00. The van der Waals surface area contributed by atoms with Crippen molar-refractivity contribution in [2.75, 3.05) is 25.5 Å². The first-order valence-electron chi connectivity index (χ1n) is 5.57. The first kappa shape index (κ1) is 14.0. The zero-order valence-electron chi connectivity index (χ0n) is 10.7. The average Bonchev–Trinajstić information content (AvgIpc) is 2.37. The van der Waals surface area contributed by atoms with Crippen molar-refractivity contribution in [1.29, 1.82) is 0 Å². The molecular formula is C12H17N3O3. The summed E-state index contributed by atoms with van der Waals surface area (Å²) in [5.41, 5.74) is 0.713. The minimum Gasteiger partial charge on any atom is -0.477 e. The van der Waals surface area contributed by atoms with Crippen molar-refractivity contribution in [3.63, 3.8) is 0 Å². The van der Waals surface area contributed by atoms with Crippen molar-refractivity contribution < 1.29 is 14.7 Å². The largest absolute Gasteiger partial charge is 0.477 e. The smallest absolute Gasteiger partial charge is 0.354 e. The number of amides is 1. The van der Waals surface area contributed by atoms with Gasteiger partial charge in [-0.1, -0.05) is 6.92 Å². The second-order valence-corrected chi connectivity index (χ2v) is 4.10. The summed E-state index contributed by atoms with van der Waals surface area (Å²) in [4.78, 5) is 27.8. The van der Waals surface area contributed by atoms with Gasteiger partial charge in [-0.25, -0.2) is 9.78 Å². The van der Waals surface area contributed by atoms with Crippen LogP contribution < -0.4 is 10.2 Å². The lowest BCUT2D eigenvalue weighted by molar-refractivity contribution is -0.123. The van der Waals surface area contributed by atoms with E-state index in [4.69, 9.17) is 5.11 Å². The van der Waals surface area contributed by atoms with Gasteiger partial charge in [-0.05, 0) is 12.1 Å². The number of aromatic nitrogens is 1. The molecule has 98 valence electrons. The van der Waals surface area contributed by atoms with Gasteiger partial charge in [0.2, 0.25) is 5.91 Å². The lowest BCUT2D eigenvalue weighted by Gasteiger charge is -2.22. The van der Waals surface area contributed by atoms with Gasteiger partial charge in [0.25, 0.3) is 0 Å². The van der Waals surface area contributed by atoms with Crippen LogP contribution in [0.15, 0.2) is 18.3 Å². The molecule has 1 heterocycles. The molecule has 18 heavy (non-hydrogen) atoms. The molecule has 0 radical (unpaired) electrons. The van der Waals surface area contributed by atoms with E-state index < -0.39 is 5.97 Å². The fourth-order valence-electron chi connectivity index (χ4n) is 1.62. The monoisotopic (exact) mass is 251 g/mol. The molecule has 0 aromatic carbocycles. The van der Waals surface area contributed by atoms with Crippen LogP contribution in [-0.2, 0) is 4.79 Å². The number of rotatable bonds is 5. The van der Waals surface area contributed by atoms with Gasteiger partial charge in [0.1, 0.15) is 5.69 Å². The molecule has 0 bridgehead atoms. The van der Waals surface area contributed by atoms with Gasteiger partial charge in [0, 0.05) is 32.5 Å². The first-order valence-corrected chi connectivity index (χ1v) is 5.57. The molecule has 1 aromatic heterocycles. The molecule has 0 fully saturated rings. The van der Waals surface area contributed by atoms with E-state index in [-0.39, 0.29) is 17.5 Å². The fraction of sp³-hybridized carbons (Fsp3) is 0.417. The number of hydrogen-bond donors (Lipinski definition) is 2. The molecule has 2 N–H and O–H groups in total. The normalized spacial score (nSPS) is 11.7. The lowest BCUT2D eigenvalue weighted by atomic mass is 10.1. The van der Waals surface area contributed by atoms with Crippen LogP contribution in [-0.4, -0.2) is 42.6 Å². The molecular weight excluding hydrogens is 234 g/mol. The van der Waals surface area contributed by atoms with E-state index >= 15 is 0 Å². The zero-order valence-corrected chi connectivity index (χ0v) is 10.7. The molecule has 0 aliphatic heterocycles. The molecule has 0 saturated heterocycles. The van der Waals surface area contributed by atoms with E-state index in [0.717, 1.165) is 5.69 Å². The van der Waals surface area contributed by atoms with Crippen LogP contribution in [0.25, 0.3) is 0 Å². The maximum atomic E-state index is 11.4. The van der Waals surface area contributed by atoms with E-state index in [1.807, 2.05) is 11.8 Å². The van der Waals surface area contributed by atoms with E-state index in [1.165, 1.54) is 12.3 Å². The van der Waals surface area contributed by atoms with Crippen molar-refractivity contribution in [2.45, 2.75) is 6.92 Å². The van der Waals surface area contributed by atoms with Crippen molar-refractivity contribution in [3.8, 4) is 0 Å². The van der Waals surface area contributed by atoms with Crippen molar-refractivity contribution in [1.82, 2.24) is 10.3 Å². The Morgan fingerprint density at radius 3 is 2.78 bits per heavy atom. The van der Waals surface area contributed by atoms with Crippen molar-refractivity contribution >= 4 is 17.6 Å². The molecule has 1 unspecified atom stereocenters. The molecule has 0 aliphatic rings. The van der Waals surface area contributed by atoms with E-state index in [1.54, 1.807) is 20.2 Å². The topological polar surface area (TPSA) is 82.5 Å². The summed E-state index contributed by atoms with van der Waals surface area (Å²) >= 11 is 0. The maximum absolute atomic E-state index is 11.4. The maximum Gasteiger partial charge on any atom is 0.354 e. The predicted octanol–water partition coefficient (Wildman–Crippen LogP) is 0.598. The summed E-state index contributed by atoms with van der Waals surface area (Å²) in [6, 6.07) is 3.20. The molecule has 6 heteroatoms. The highest BCUT2D eigenvalue weighted by atomic mass is 16.4. The molecule has 1 aromatic rings. The highest BCUT2D eigenvalue weighted by Crippen LogP contribution is 2.14. The van der Waals surface area contributed by atoms with Crippen LogP contribution in [0.1, 0.15) is 17.4 Å². The van der Waals surface area contributed by atoms with E-state index in [0.29, 0.717) is 6.54 Å². The fourth-order valence-corrected chi connectivity index (χ4v) is 1.62. The van der Waals surface area contributed by atoms with Crippen LogP contribution in [0.3, 0.4) is 0 Å². The Labute approximate surface area is 106 Å². The van der Waals surface area contributed by atoms with Crippen LogP contribution in [0.5, 0.6) is 0 Å². The molecule has 0 saturated carbocycles. The minimum atomic E-state index is -1.07. The molecule has 0 spiro atoms. The van der Waals surface area contributed by atoms with Gasteiger partial charge in [-0.3, -0.25) is 4.79 Å². The Morgan fingerprint density at radius 2 is 2.22 bits per heavy atom. The summed E-state index contributed by atoms with van der Waals surface area (Å²) < 4.78 is 0. The number of carboxylic acid groups (broad SMARTS) is 1. The Bertz CT molecular complexity index is 448. The highest BCUT2D eigenvalue weighted by molar-refractivity contribution is 5.86. The summed E-state index contributed by atoms with van der Waals surface area (Å²) in [6.07, 6.45) is 1.44. The Hall–Kier alpha value is -2.11. The number of carbonyl (C=O) groups is 2. The zero-order chi connectivity index (χ0) is 13.7. The third-order valence-electron chi connectivity index (χ3n) is 2.65. The number of anilines is 1. The SMILES string of the molecule is CNC(=O)C(C)CN(C)c1ccnc(C(=O)O)c1. The summed E-state index contributed by atoms with van der Waals surface area (Å²) in [5.74, 6) is -1.29. The summed E-state index contributed by atoms with van der Waals surface area (Å²) in [6.45, 7) is 2.32. The summed E-state index contributed by atoms with van der Waals surface area (Å²) in [7, 11) is 3.40. The third-order valence-corrected chi connectivity index (χ3v) is 2.65. The quantitative estimate of drug-likeness (QED) is 0.800. The lowest BCUT2D eigenvalue weighted by Crippen LogP contribution is -2.34. The number of carboxylic acids is 1. The number of hydrogen-bond acceptors (Lipinski definition) is 4. The number of carbonyl (C=O) groups excluding carboxylic acids is 1. The average molecular weight is 251 g/mol. The van der Waals surface area contributed by atoms with Crippen molar-refractivity contribution in [2.24, 2.45) is 5.92 Å².